The molecule has 1 atom stereocenters. The Morgan fingerprint density at radius 2 is 2.46 bits per heavy atom. The topological polar surface area (TPSA) is 46.3 Å². The molecule has 1 amide bonds. The summed E-state index contributed by atoms with van der Waals surface area (Å²) in [5.74, 6) is 1.19. The van der Waals surface area contributed by atoms with E-state index in [-0.39, 0.29) is 11.9 Å². The van der Waals surface area contributed by atoms with Gasteiger partial charge >= 0.3 is 0 Å². The number of likely N-dealkylation sites (tertiary alicyclic amines) is 1. The molecule has 4 heteroatoms. The van der Waals surface area contributed by atoms with Crippen molar-refractivity contribution in [2.45, 2.75) is 25.3 Å². The second-order valence-corrected chi connectivity index (χ2v) is 4.47. The molecule has 1 aliphatic rings. The highest BCUT2D eigenvalue weighted by Crippen LogP contribution is 2.10. The largest absolute Gasteiger partial charge is 0.341 e. The maximum absolute atomic E-state index is 11.6. The van der Waals surface area contributed by atoms with Gasteiger partial charge in [-0.05, 0) is 19.1 Å². The predicted octanol–water partition coefficient (Wildman–Crippen LogP) is 0.689. The molecule has 1 saturated heterocycles. The summed E-state index contributed by atoms with van der Waals surface area (Å²) >= 11 is 1.72. The van der Waals surface area contributed by atoms with Crippen LogP contribution in [0.25, 0.3) is 0 Å². The molecule has 1 rings (SSSR count). The molecule has 2 N–H and O–H groups in total. The van der Waals surface area contributed by atoms with Crippen LogP contribution in [0.3, 0.4) is 0 Å². The first-order chi connectivity index (χ1) is 6.24. The molecule has 76 valence electrons. The Morgan fingerprint density at radius 1 is 1.69 bits per heavy atom. The summed E-state index contributed by atoms with van der Waals surface area (Å²) in [6, 6.07) is 0.201. The van der Waals surface area contributed by atoms with Crippen LogP contribution in [0.5, 0.6) is 0 Å². The maximum atomic E-state index is 11.6. The summed E-state index contributed by atoms with van der Waals surface area (Å²) in [6.45, 7) is 1.66. The Kier molecular flexibility index (Phi) is 4.59. The highest BCUT2D eigenvalue weighted by molar-refractivity contribution is 7.98. The standard InChI is InChI=1S/C9H18N2OS/c1-13-6-4-9(12)11-5-2-3-8(10)7-11/h8H,2-7,10H2,1H3. The quantitative estimate of drug-likeness (QED) is 0.732. The van der Waals surface area contributed by atoms with Crippen LogP contribution in [0.4, 0.5) is 0 Å². The van der Waals surface area contributed by atoms with E-state index >= 15 is 0 Å². The van der Waals surface area contributed by atoms with Crippen LogP contribution in [0.2, 0.25) is 0 Å². The van der Waals surface area contributed by atoms with E-state index in [0.717, 1.165) is 31.7 Å². The van der Waals surface area contributed by atoms with Crippen LogP contribution in [-0.4, -0.2) is 41.9 Å². The van der Waals surface area contributed by atoms with Gasteiger partial charge in [0.05, 0.1) is 0 Å². The zero-order valence-electron chi connectivity index (χ0n) is 8.16. The first-order valence-corrected chi connectivity index (χ1v) is 6.15. The number of thioether (sulfide) groups is 1. The number of nitrogens with zero attached hydrogens (tertiary/aromatic N) is 1. The summed E-state index contributed by atoms with van der Waals surface area (Å²) in [4.78, 5) is 13.5. The molecule has 0 aromatic rings. The van der Waals surface area contributed by atoms with Crippen molar-refractivity contribution in [1.29, 1.82) is 0 Å². The first kappa shape index (κ1) is 10.9. The van der Waals surface area contributed by atoms with Gasteiger partial charge in [-0.3, -0.25) is 4.79 Å². The van der Waals surface area contributed by atoms with Crippen LogP contribution in [0, 0.1) is 0 Å². The van der Waals surface area contributed by atoms with Crippen molar-refractivity contribution < 1.29 is 4.79 Å². The van der Waals surface area contributed by atoms with Gasteiger partial charge in [0.1, 0.15) is 0 Å². The third-order valence-corrected chi connectivity index (χ3v) is 2.94. The lowest BCUT2D eigenvalue weighted by Crippen LogP contribution is -2.45. The van der Waals surface area contributed by atoms with E-state index in [1.54, 1.807) is 11.8 Å². The zero-order chi connectivity index (χ0) is 9.68. The molecule has 1 fully saturated rings. The second kappa shape index (κ2) is 5.50. The van der Waals surface area contributed by atoms with Crippen LogP contribution in [0.1, 0.15) is 19.3 Å². The van der Waals surface area contributed by atoms with E-state index in [4.69, 9.17) is 5.73 Å². The van der Waals surface area contributed by atoms with Gasteiger partial charge in [0.15, 0.2) is 0 Å². The summed E-state index contributed by atoms with van der Waals surface area (Å²) in [5, 5.41) is 0. The lowest BCUT2D eigenvalue weighted by molar-refractivity contribution is -0.131. The molecule has 0 aliphatic carbocycles. The average molecular weight is 202 g/mol. The van der Waals surface area contributed by atoms with Gasteiger partial charge in [-0.1, -0.05) is 0 Å². The number of piperidine rings is 1. The Morgan fingerprint density at radius 3 is 3.08 bits per heavy atom. The van der Waals surface area contributed by atoms with Crippen molar-refractivity contribution in [3.05, 3.63) is 0 Å². The number of rotatable bonds is 3. The van der Waals surface area contributed by atoms with Crippen molar-refractivity contribution in [3.63, 3.8) is 0 Å². The molecular weight excluding hydrogens is 184 g/mol. The number of hydrogen-bond acceptors (Lipinski definition) is 3. The van der Waals surface area contributed by atoms with E-state index in [1.807, 2.05) is 11.2 Å². The van der Waals surface area contributed by atoms with E-state index in [2.05, 4.69) is 0 Å². The van der Waals surface area contributed by atoms with Crippen molar-refractivity contribution in [1.82, 2.24) is 4.90 Å². The van der Waals surface area contributed by atoms with Gasteiger partial charge < -0.3 is 10.6 Å². The first-order valence-electron chi connectivity index (χ1n) is 4.76. The summed E-state index contributed by atoms with van der Waals surface area (Å²) in [6.07, 6.45) is 4.81. The number of carbonyl (C=O) groups excluding carboxylic acids is 1. The van der Waals surface area contributed by atoms with E-state index in [9.17, 15) is 4.79 Å². The molecule has 3 nitrogen and oxygen atoms in total. The lowest BCUT2D eigenvalue weighted by atomic mass is 10.1. The van der Waals surface area contributed by atoms with Crippen molar-refractivity contribution >= 4 is 17.7 Å². The van der Waals surface area contributed by atoms with Gasteiger partial charge in [0.25, 0.3) is 0 Å². The molecule has 1 heterocycles. The average Bonchev–Trinajstić information content (AvgIpc) is 2.14. The molecule has 0 bridgehead atoms. The second-order valence-electron chi connectivity index (χ2n) is 3.48. The Hall–Kier alpha value is -0.220. The van der Waals surface area contributed by atoms with Gasteiger partial charge in [0.2, 0.25) is 5.91 Å². The minimum Gasteiger partial charge on any atom is -0.341 e. The van der Waals surface area contributed by atoms with E-state index < -0.39 is 0 Å². The minimum absolute atomic E-state index is 0.201. The molecule has 0 radical (unpaired) electrons. The maximum Gasteiger partial charge on any atom is 0.223 e. The fourth-order valence-electron chi connectivity index (χ4n) is 1.58. The normalized spacial score (nSPS) is 23.2. The van der Waals surface area contributed by atoms with Crippen LogP contribution >= 0.6 is 11.8 Å². The molecule has 0 aromatic carbocycles. The van der Waals surface area contributed by atoms with E-state index in [0.29, 0.717) is 6.42 Å². The summed E-state index contributed by atoms with van der Waals surface area (Å²) < 4.78 is 0. The van der Waals surface area contributed by atoms with E-state index in [1.165, 1.54) is 0 Å². The monoisotopic (exact) mass is 202 g/mol. The highest BCUT2D eigenvalue weighted by Gasteiger charge is 2.20. The summed E-state index contributed by atoms with van der Waals surface area (Å²) in [5.41, 5.74) is 5.79. The third-order valence-electron chi connectivity index (χ3n) is 2.33. The van der Waals surface area contributed by atoms with Crippen LogP contribution in [-0.2, 0) is 4.79 Å². The molecule has 13 heavy (non-hydrogen) atoms. The van der Waals surface area contributed by atoms with Gasteiger partial charge in [0, 0.05) is 31.3 Å². The van der Waals surface area contributed by atoms with Gasteiger partial charge in [-0.25, -0.2) is 0 Å². The summed E-state index contributed by atoms with van der Waals surface area (Å²) in [7, 11) is 0. The molecule has 1 aliphatic heterocycles. The van der Waals surface area contributed by atoms with Crippen molar-refractivity contribution in [2.24, 2.45) is 5.73 Å². The smallest absolute Gasteiger partial charge is 0.223 e. The Labute approximate surface area is 84.0 Å². The predicted molar refractivity (Wildman–Crippen MR) is 56.8 cm³/mol. The third kappa shape index (κ3) is 3.56. The van der Waals surface area contributed by atoms with Crippen molar-refractivity contribution in [2.75, 3.05) is 25.1 Å². The minimum atomic E-state index is 0.201. The molecule has 0 saturated carbocycles. The molecule has 1 unspecified atom stereocenters. The zero-order valence-corrected chi connectivity index (χ0v) is 8.98. The highest BCUT2D eigenvalue weighted by atomic mass is 32.2. The molecule has 0 aromatic heterocycles. The molecule has 0 spiro atoms. The van der Waals surface area contributed by atoms with Crippen LogP contribution < -0.4 is 5.73 Å². The number of carbonyl (C=O) groups is 1. The van der Waals surface area contributed by atoms with Crippen molar-refractivity contribution in [3.8, 4) is 0 Å². The van der Waals surface area contributed by atoms with Gasteiger partial charge in [-0.15, -0.1) is 0 Å². The Balaban J connectivity index is 2.28. The fourth-order valence-corrected chi connectivity index (χ4v) is 1.96. The number of amides is 1. The van der Waals surface area contributed by atoms with Gasteiger partial charge in [-0.2, -0.15) is 11.8 Å². The Bertz CT molecular complexity index is 175. The SMILES string of the molecule is CSCCC(=O)N1CCCC(N)C1. The fraction of sp³-hybridized carbons (Fsp3) is 0.889. The number of nitrogens with two attached hydrogens (primary N) is 1. The number of hydrogen-bond donors (Lipinski definition) is 1. The molecular formula is C9H18N2OS. The lowest BCUT2D eigenvalue weighted by Gasteiger charge is -2.30. The van der Waals surface area contributed by atoms with Crippen LogP contribution in [0.15, 0.2) is 0 Å².